The van der Waals surface area contributed by atoms with E-state index in [1.54, 1.807) is 0 Å². The van der Waals surface area contributed by atoms with Crippen molar-refractivity contribution in [1.82, 2.24) is 4.90 Å². The molecule has 0 aromatic carbocycles. The van der Waals surface area contributed by atoms with E-state index in [1.165, 1.54) is 38.8 Å². The van der Waals surface area contributed by atoms with Gasteiger partial charge < -0.3 is 4.74 Å². The molecule has 2 fully saturated rings. The summed E-state index contributed by atoms with van der Waals surface area (Å²) in [6, 6.07) is 0. The highest BCUT2D eigenvalue weighted by molar-refractivity contribution is 5.02. The van der Waals surface area contributed by atoms with E-state index < -0.39 is 0 Å². The molecule has 0 amide bonds. The van der Waals surface area contributed by atoms with Crippen LogP contribution in [0.3, 0.4) is 0 Å². The van der Waals surface area contributed by atoms with Crippen LogP contribution in [0.1, 0.15) is 32.6 Å². The van der Waals surface area contributed by atoms with Crippen LogP contribution in [0.25, 0.3) is 0 Å². The van der Waals surface area contributed by atoms with E-state index in [0.29, 0.717) is 11.6 Å². The average molecular weight is 169 g/mol. The van der Waals surface area contributed by atoms with Gasteiger partial charge in [0.25, 0.3) is 0 Å². The minimum absolute atomic E-state index is 0.505. The van der Waals surface area contributed by atoms with Crippen LogP contribution in [0.2, 0.25) is 0 Å². The van der Waals surface area contributed by atoms with Crippen molar-refractivity contribution in [2.75, 3.05) is 20.2 Å². The number of rotatable bonds is 2. The monoisotopic (exact) mass is 169 g/mol. The molecule has 2 heteroatoms. The molecule has 0 saturated carbocycles. The number of hydrogen-bond acceptors (Lipinski definition) is 2. The van der Waals surface area contributed by atoms with Crippen LogP contribution in [0.5, 0.6) is 0 Å². The van der Waals surface area contributed by atoms with Crippen LogP contribution >= 0.6 is 0 Å². The summed E-state index contributed by atoms with van der Waals surface area (Å²) >= 11 is 0. The number of ether oxygens (including phenoxy) is 1. The molecular formula is C10H19NO. The van der Waals surface area contributed by atoms with Gasteiger partial charge in [0.1, 0.15) is 0 Å². The first-order valence-corrected chi connectivity index (χ1v) is 5.08. The SMILES string of the molecule is CCC12CCCN1CC(OC)C2. The largest absolute Gasteiger partial charge is 0.380 e. The Kier molecular flexibility index (Phi) is 2.13. The summed E-state index contributed by atoms with van der Waals surface area (Å²) in [5.74, 6) is 0. The van der Waals surface area contributed by atoms with Gasteiger partial charge in [-0.2, -0.15) is 0 Å². The lowest BCUT2D eigenvalue weighted by atomic mass is 9.90. The second-order valence-electron chi connectivity index (χ2n) is 4.19. The summed E-state index contributed by atoms with van der Waals surface area (Å²) in [6.07, 6.45) is 5.85. The highest BCUT2D eigenvalue weighted by atomic mass is 16.5. The highest BCUT2D eigenvalue weighted by Crippen LogP contribution is 2.41. The second kappa shape index (κ2) is 3.00. The highest BCUT2D eigenvalue weighted by Gasteiger charge is 2.46. The summed E-state index contributed by atoms with van der Waals surface area (Å²) < 4.78 is 5.43. The van der Waals surface area contributed by atoms with E-state index in [1.807, 2.05) is 7.11 Å². The molecule has 0 radical (unpaired) electrons. The fourth-order valence-electron chi connectivity index (χ4n) is 2.95. The van der Waals surface area contributed by atoms with Crippen LogP contribution in [-0.2, 0) is 4.74 Å². The number of nitrogens with zero attached hydrogens (tertiary/aromatic N) is 1. The smallest absolute Gasteiger partial charge is 0.0716 e. The van der Waals surface area contributed by atoms with Crippen molar-refractivity contribution in [2.45, 2.75) is 44.2 Å². The van der Waals surface area contributed by atoms with Gasteiger partial charge in [-0.25, -0.2) is 0 Å². The third kappa shape index (κ3) is 1.09. The summed E-state index contributed by atoms with van der Waals surface area (Å²) in [7, 11) is 1.84. The van der Waals surface area contributed by atoms with E-state index in [-0.39, 0.29) is 0 Å². The Bertz CT molecular complexity index is 171. The van der Waals surface area contributed by atoms with E-state index >= 15 is 0 Å². The molecule has 0 aliphatic carbocycles. The molecule has 2 rings (SSSR count). The van der Waals surface area contributed by atoms with Crippen molar-refractivity contribution in [3.8, 4) is 0 Å². The van der Waals surface area contributed by atoms with Gasteiger partial charge in [-0.05, 0) is 32.2 Å². The molecule has 70 valence electrons. The van der Waals surface area contributed by atoms with Gasteiger partial charge in [-0.15, -0.1) is 0 Å². The maximum atomic E-state index is 5.43. The molecule has 2 heterocycles. The van der Waals surface area contributed by atoms with Crippen molar-refractivity contribution in [2.24, 2.45) is 0 Å². The molecule has 0 aromatic rings. The van der Waals surface area contributed by atoms with Gasteiger partial charge in [-0.1, -0.05) is 6.92 Å². The van der Waals surface area contributed by atoms with Gasteiger partial charge in [0.05, 0.1) is 6.10 Å². The zero-order valence-electron chi connectivity index (χ0n) is 8.18. The standard InChI is InChI=1S/C10H19NO/c1-3-10-5-4-6-11(10)8-9(7-10)12-2/h9H,3-8H2,1-2H3. The molecule has 0 N–H and O–H groups in total. The van der Waals surface area contributed by atoms with Crippen molar-refractivity contribution >= 4 is 0 Å². The van der Waals surface area contributed by atoms with Gasteiger partial charge in [0.2, 0.25) is 0 Å². The summed E-state index contributed by atoms with van der Waals surface area (Å²) in [4.78, 5) is 2.64. The topological polar surface area (TPSA) is 12.5 Å². The maximum Gasteiger partial charge on any atom is 0.0716 e. The fraction of sp³-hybridized carbons (Fsp3) is 1.00. The lowest BCUT2D eigenvalue weighted by Crippen LogP contribution is -2.37. The second-order valence-corrected chi connectivity index (χ2v) is 4.19. The molecule has 2 aliphatic rings. The first kappa shape index (κ1) is 8.52. The molecule has 2 unspecified atom stereocenters. The van der Waals surface area contributed by atoms with Crippen LogP contribution < -0.4 is 0 Å². The third-order valence-corrected chi connectivity index (χ3v) is 3.76. The molecule has 0 aromatic heterocycles. The van der Waals surface area contributed by atoms with E-state index in [0.717, 1.165) is 0 Å². The maximum absolute atomic E-state index is 5.43. The van der Waals surface area contributed by atoms with Gasteiger partial charge in [0, 0.05) is 19.2 Å². The lowest BCUT2D eigenvalue weighted by molar-refractivity contribution is 0.107. The predicted molar refractivity (Wildman–Crippen MR) is 49.2 cm³/mol. The molecule has 2 nitrogen and oxygen atoms in total. The molecule has 0 bridgehead atoms. The van der Waals surface area contributed by atoms with Crippen LogP contribution in [0, 0.1) is 0 Å². The summed E-state index contributed by atoms with van der Waals surface area (Å²) in [5.41, 5.74) is 0.528. The Hall–Kier alpha value is -0.0800. The normalized spacial score (nSPS) is 42.0. The van der Waals surface area contributed by atoms with E-state index in [9.17, 15) is 0 Å². The van der Waals surface area contributed by atoms with Crippen LogP contribution in [-0.4, -0.2) is 36.7 Å². The van der Waals surface area contributed by atoms with Gasteiger partial charge in [0.15, 0.2) is 0 Å². The molecule has 2 atom stereocenters. The Morgan fingerprint density at radius 1 is 1.58 bits per heavy atom. The first-order valence-electron chi connectivity index (χ1n) is 5.08. The zero-order valence-corrected chi connectivity index (χ0v) is 8.18. The molecule has 2 aliphatic heterocycles. The number of fused-ring (bicyclic) bond motifs is 1. The first-order chi connectivity index (χ1) is 5.80. The predicted octanol–water partition coefficient (Wildman–Crippen LogP) is 1.65. The molecular weight excluding hydrogens is 150 g/mol. The summed E-state index contributed by atoms with van der Waals surface area (Å²) in [6.45, 7) is 4.79. The quantitative estimate of drug-likeness (QED) is 0.623. The Balaban J connectivity index is 2.09. The third-order valence-electron chi connectivity index (χ3n) is 3.76. The minimum atomic E-state index is 0.505. The Morgan fingerprint density at radius 3 is 3.00 bits per heavy atom. The Labute approximate surface area is 74.9 Å². The lowest BCUT2D eigenvalue weighted by Gasteiger charge is -2.30. The van der Waals surface area contributed by atoms with Crippen LogP contribution in [0.15, 0.2) is 0 Å². The fourth-order valence-corrected chi connectivity index (χ4v) is 2.95. The summed E-state index contributed by atoms with van der Waals surface area (Å²) in [5, 5.41) is 0. The van der Waals surface area contributed by atoms with Crippen LogP contribution in [0.4, 0.5) is 0 Å². The van der Waals surface area contributed by atoms with E-state index in [4.69, 9.17) is 4.74 Å². The van der Waals surface area contributed by atoms with Crippen molar-refractivity contribution in [1.29, 1.82) is 0 Å². The van der Waals surface area contributed by atoms with Crippen molar-refractivity contribution in [3.05, 3.63) is 0 Å². The minimum Gasteiger partial charge on any atom is -0.380 e. The molecule has 12 heavy (non-hydrogen) atoms. The molecule has 2 saturated heterocycles. The number of methoxy groups -OCH3 is 1. The number of hydrogen-bond donors (Lipinski definition) is 0. The van der Waals surface area contributed by atoms with Crippen molar-refractivity contribution < 1.29 is 4.74 Å². The van der Waals surface area contributed by atoms with Gasteiger partial charge >= 0.3 is 0 Å². The average Bonchev–Trinajstić information content (AvgIpc) is 2.58. The zero-order chi connectivity index (χ0) is 8.60. The van der Waals surface area contributed by atoms with E-state index in [2.05, 4.69) is 11.8 Å². The molecule has 0 spiro atoms. The van der Waals surface area contributed by atoms with Crippen molar-refractivity contribution in [3.63, 3.8) is 0 Å². The Morgan fingerprint density at radius 2 is 2.42 bits per heavy atom. The van der Waals surface area contributed by atoms with Gasteiger partial charge in [-0.3, -0.25) is 4.90 Å².